The number of nitrogens with two attached hydrogens (primary N) is 1. The molecule has 1 spiro atoms. The van der Waals surface area contributed by atoms with Crippen LogP contribution in [0.2, 0.25) is 0 Å². The summed E-state index contributed by atoms with van der Waals surface area (Å²) in [5.41, 5.74) is 8.58. The van der Waals surface area contributed by atoms with Crippen molar-refractivity contribution in [3.8, 4) is 0 Å². The minimum Gasteiger partial charge on any atom is -0.384 e. The van der Waals surface area contributed by atoms with Crippen LogP contribution in [0.1, 0.15) is 28.8 Å². The monoisotopic (exact) mass is 231 g/mol. The highest BCUT2D eigenvalue weighted by Gasteiger charge is 2.39. The van der Waals surface area contributed by atoms with Gasteiger partial charge in [-0.05, 0) is 43.6 Å². The highest BCUT2D eigenvalue weighted by molar-refractivity contribution is 5.94. The Morgan fingerprint density at radius 2 is 2.06 bits per heavy atom. The zero-order valence-corrected chi connectivity index (χ0v) is 9.75. The van der Waals surface area contributed by atoms with E-state index < -0.39 is 0 Å². The van der Waals surface area contributed by atoms with E-state index in [0.717, 1.165) is 38.2 Å². The smallest absolute Gasteiger partial charge is 0.248 e. The van der Waals surface area contributed by atoms with E-state index in [-0.39, 0.29) is 11.3 Å². The number of hydrogen-bond donors (Lipinski definition) is 3. The van der Waals surface area contributed by atoms with Crippen LogP contribution in [0, 0.1) is 0 Å². The molecular formula is C13H17N3O. The maximum absolute atomic E-state index is 11.2. The van der Waals surface area contributed by atoms with Gasteiger partial charge in [-0.2, -0.15) is 0 Å². The minimum absolute atomic E-state index is 0.261. The summed E-state index contributed by atoms with van der Waals surface area (Å²) in [6, 6.07) is 5.80. The third-order valence-electron chi connectivity index (χ3n) is 4.05. The van der Waals surface area contributed by atoms with Gasteiger partial charge in [0.2, 0.25) is 5.91 Å². The Kier molecular flexibility index (Phi) is 2.33. The Morgan fingerprint density at radius 1 is 1.29 bits per heavy atom. The number of anilines is 1. The summed E-state index contributed by atoms with van der Waals surface area (Å²) in [6.07, 6.45) is 2.31. The van der Waals surface area contributed by atoms with Crippen LogP contribution in [0.3, 0.4) is 0 Å². The van der Waals surface area contributed by atoms with Crippen molar-refractivity contribution in [2.75, 3.05) is 25.0 Å². The molecule has 1 saturated heterocycles. The quantitative estimate of drug-likeness (QED) is 0.670. The van der Waals surface area contributed by atoms with Gasteiger partial charge in [-0.15, -0.1) is 0 Å². The fourth-order valence-electron chi connectivity index (χ4n) is 3.02. The van der Waals surface area contributed by atoms with Gasteiger partial charge in [-0.1, -0.05) is 6.07 Å². The van der Waals surface area contributed by atoms with Gasteiger partial charge in [0, 0.05) is 23.2 Å². The van der Waals surface area contributed by atoms with Crippen molar-refractivity contribution < 1.29 is 4.79 Å². The molecule has 1 fully saturated rings. The lowest BCUT2D eigenvalue weighted by molar-refractivity contribution is 0.100. The summed E-state index contributed by atoms with van der Waals surface area (Å²) in [5, 5.41) is 6.81. The van der Waals surface area contributed by atoms with Crippen LogP contribution in [0.15, 0.2) is 18.2 Å². The fourth-order valence-corrected chi connectivity index (χ4v) is 3.02. The SMILES string of the molecule is NC(=O)c1ccc2c(c1)NCC21CCNCC1. The number of amides is 1. The molecule has 1 aromatic carbocycles. The Balaban J connectivity index is 2.00. The van der Waals surface area contributed by atoms with Gasteiger partial charge >= 0.3 is 0 Å². The highest BCUT2D eigenvalue weighted by Crippen LogP contribution is 2.42. The lowest BCUT2D eigenvalue weighted by Crippen LogP contribution is -2.41. The summed E-state index contributed by atoms with van der Waals surface area (Å²) in [5.74, 6) is -0.360. The van der Waals surface area contributed by atoms with Crippen LogP contribution in [0.5, 0.6) is 0 Å². The first-order valence-electron chi connectivity index (χ1n) is 6.10. The molecule has 0 unspecified atom stereocenters. The fraction of sp³-hybridized carbons (Fsp3) is 0.462. The predicted octanol–water partition coefficient (Wildman–Crippen LogP) is 0.832. The summed E-state index contributed by atoms with van der Waals surface area (Å²) in [7, 11) is 0. The number of carbonyl (C=O) groups is 1. The van der Waals surface area contributed by atoms with Crippen LogP contribution in [-0.4, -0.2) is 25.5 Å². The lowest BCUT2D eigenvalue weighted by Gasteiger charge is -2.33. The van der Waals surface area contributed by atoms with E-state index in [4.69, 9.17) is 5.73 Å². The van der Waals surface area contributed by atoms with E-state index in [1.807, 2.05) is 12.1 Å². The van der Waals surface area contributed by atoms with Crippen molar-refractivity contribution in [3.63, 3.8) is 0 Å². The Labute approximate surface area is 101 Å². The molecule has 0 saturated carbocycles. The second-order valence-corrected chi connectivity index (χ2v) is 5.01. The molecule has 1 aromatic rings. The summed E-state index contributed by atoms with van der Waals surface area (Å²) >= 11 is 0. The predicted molar refractivity (Wildman–Crippen MR) is 67.2 cm³/mol. The van der Waals surface area contributed by atoms with E-state index in [1.165, 1.54) is 5.56 Å². The van der Waals surface area contributed by atoms with Crippen LogP contribution in [0.4, 0.5) is 5.69 Å². The molecular weight excluding hydrogens is 214 g/mol. The first-order chi connectivity index (χ1) is 8.21. The molecule has 1 amide bonds. The summed E-state index contributed by atoms with van der Waals surface area (Å²) in [4.78, 5) is 11.2. The molecule has 4 N–H and O–H groups in total. The number of piperidine rings is 1. The number of carbonyl (C=O) groups excluding carboxylic acids is 1. The number of rotatable bonds is 1. The number of primary amides is 1. The van der Waals surface area contributed by atoms with Crippen LogP contribution < -0.4 is 16.4 Å². The first kappa shape index (κ1) is 10.6. The second-order valence-electron chi connectivity index (χ2n) is 5.01. The zero-order valence-electron chi connectivity index (χ0n) is 9.75. The molecule has 3 rings (SSSR count). The molecule has 2 aliphatic heterocycles. The Morgan fingerprint density at radius 3 is 2.76 bits per heavy atom. The second kappa shape index (κ2) is 3.74. The van der Waals surface area contributed by atoms with Crippen LogP contribution in [-0.2, 0) is 5.41 Å². The van der Waals surface area contributed by atoms with E-state index in [9.17, 15) is 4.79 Å². The molecule has 90 valence electrons. The van der Waals surface area contributed by atoms with E-state index >= 15 is 0 Å². The van der Waals surface area contributed by atoms with Crippen molar-refractivity contribution in [1.82, 2.24) is 5.32 Å². The van der Waals surface area contributed by atoms with Crippen LogP contribution >= 0.6 is 0 Å². The number of benzene rings is 1. The van der Waals surface area contributed by atoms with Gasteiger partial charge in [-0.25, -0.2) is 0 Å². The molecule has 0 aliphatic carbocycles. The number of nitrogens with one attached hydrogen (secondary N) is 2. The largest absolute Gasteiger partial charge is 0.384 e. The minimum atomic E-state index is -0.360. The standard InChI is InChI=1S/C13H17N3O/c14-12(17)9-1-2-10-11(7-9)16-8-13(10)3-5-15-6-4-13/h1-2,7,15-16H,3-6,8H2,(H2,14,17). The Hall–Kier alpha value is -1.55. The summed E-state index contributed by atoms with van der Waals surface area (Å²) < 4.78 is 0. The molecule has 0 bridgehead atoms. The molecule has 0 aromatic heterocycles. The Bertz CT molecular complexity index is 464. The molecule has 4 nitrogen and oxygen atoms in total. The van der Waals surface area contributed by atoms with Crippen molar-refractivity contribution in [2.45, 2.75) is 18.3 Å². The van der Waals surface area contributed by atoms with Crippen LogP contribution in [0.25, 0.3) is 0 Å². The van der Waals surface area contributed by atoms with E-state index in [2.05, 4.69) is 16.7 Å². The van der Waals surface area contributed by atoms with Crippen molar-refractivity contribution in [3.05, 3.63) is 29.3 Å². The van der Waals surface area contributed by atoms with E-state index in [1.54, 1.807) is 0 Å². The maximum Gasteiger partial charge on any atom is 0.248 e. The molecule has 0 radical (unpaired) electrons. The number of fused-ring (bicyclic) bond motifs is 2. The van der Waals surface area contributed by atoms with Gasteiger partial charge in [0.1, 0.15) is 0 Å². The van der Waals surface area contributed by atoms with Gasteiger partial charge in [0.05, 0.1) is 0 Å². The van der Waals surface area contributed by atoms with Crippen molar-refractivity contribution in [2.24, 2.45) is 5.73 Å². The third kappa shape index (κ3) is 1.60. The highest BCUT2D eigenvalue weighted by atomic mass is 16.1. The van der Waals surface area contributed by atoms with Crippen molar-refractivity contribution >= 4 is 11.6 Å². The summed E-state index contributed by atoms with van der Waals surface area (Å²) in [6.45, 7) is 3.11. The zero-order chi connectivity index (χ0) is 11.9. The molecule has 2 heterocycles. The maximum atomic E-state index is 11.2. The molecule has 2 aliphatic rings. The molecule has 4 heteroatoms. The van der Waals surface area contributed by atoms with Gasteiger partial charge in [0.25, 0.3) is 0 Å². The van der Waals surface area contributed by atoms with Crippen molar-refractivity contribution in [1.29, 1.82) is 0 Å². The normalized spacial score (nSPS) is 20.9. The van der Waals surface area contributed by atoms with Gasteiger partial charge in [0.15, 0.2) is 0 Å². The lowest BCUT2D eigenvalue weighted by atomic mass is 9.74. The van der Waals surface area contributed by atoms with Gasteiger partial charge in [-0.3, -0.25) is 4.79 Å². The number of hydrogen-bond acceptors (Lipinski definition) is 3. The molecule has 17 heavy (non-hydrogen) atoms. The first-order valence-corrected chi connectivity index (χ1v) is 6.10. The topological polar surface area (TPSA) is 67.2 Å². The van der Waals surface area contributed by atoms with Gasteiger partial charge < -0.3 is 16.4 Å². The average molecular weight is 231 g/mol. The molecule has 0 atom stereocenters. The average Bonchev–Trinajstić information content (AvgIpc) is 2.69. The third-order valence-corrected chi connectivity index (χ3v) is 4.05. The van der Waals surface area contributed by atoms with E-state index in [0.29, 0.717) is 5.56 Å².